The number of rotatable bonds is 3. The zero-order valence-corrected chi connectivity index (χ0v) is 13.8. The van der Waals surface area contributed by atoms with Crippen LogP contribution in [0.5, 0.6) is 5.75 Å². The molecule has 0 fully saturated rings. The lowest BCUT2D eigenvalue weighted by Gasteiger charge is -2.31. The second kappa shape index (κ2) is 6.32. The SMILES string of the molecule is COc1ccc(C)c2c1N(C(=O)/C=C/c1ccc(C)o1)CCC2. The van der Waals surface area contributed by atoms with Crippen LogP contribution in [0.3, 0.4) is 0 Å². The van der Waals surface area contributed by atoms with E-state index in [1.54, 1.807) is 24.2 Å². The number of furan rings is 1. The van der Waals surface area contributed by atoms with Crippen LogP contribution >= 0.6 is 0 Å². The Bertz CT molecular complexity index is 758. The number of methoxy groups -OCH3 is 1. The predicted octanol–water partition coefficient (Wildman–Crippen LogP) is 3.90. The first-order chi connectivity index (χ1) is 11.1. The van der Waals surface area contributed by atoms with Gasteiger partial charge in [0.05, 0.1) is 12.8 Å². The summed E-state index contributed by atoms with van der Waals surface area (Å²) >= 11 is 0. The zero-order valence-electron chi connectivity index (χ0n) is 13.8. The van der Waals surface area contributed by atoms with Crippen LogP contribution < -0.4 is 9.64 Å². The van der Waals surface area contributed by atoms with E-state index in [9.17, 15) is 4.79 Å². The summed E-state index contributed by atoms with van der Waals surface area (Å²) in [7, 11) is 1.64. The Morgan fingerprint density at radius 2 is 2.09 bits per heavy atom. The quantitative estimate of drug-likeness (QED) is 0.807. The normalized spacial score (nSPS) is 14.1. The number of hydrogen-bond acceptors (Lipinski definition) is 3. The van der Waals surface area contributed by atoms with E-state index in [0.29, 0.717) is 12.3 Å². The smallest absolute Gasteiger partial charge is 0.251 e. The van der Waals surface area contributed by atoms with E-state index >= 15 is 0 Å². The zero-order chi connectivity index (χ0) is 16.4. The van der Waals surface area contributed by atoms with Crippen molar-refractivity contribution in [3.05, 3.63) is 53.0 Å². The van der Waals surface area contributed by atoms with E-state index in [0.717, 1.165) is 30.0 Å². The number of nitrogens with zero attached hydrogens (tertiary/aromatic N) is 1. The molecule has 1 aromatic carbocycles. The molecule has 0 N–H and O–H groups in total. The summed E-state index contributed by atoms with van der Waals surface area (Å²) < 4.78 is 11.0. The van der Waals surface area contributed by atoms with Crippen LogP contribution in [0.4, 0.5) is 5.69 Å². The summed E-state index contributed by atoms with van der Waals surface area (Å²) in [5, 5.41) is 0. The van der Waals surface area contributed by atoms with Gasteiger partial charge in [0.15, 0.2) is 0 Å². The van der Waals surface area contributed by atoms with E-state index < -0.39 is 0 Å². The lowest BCUT2D eigenvalue weighted by molar-refractivity contribution is -0.114. The van der Waals surface area contributed by atoms with Gasteiger partial charge in [0.25, 0.3) is 5.91 Å². The van der Waals surface area contributed by atoms with Gasteiger partial charge in [-0.1, -0.05) is 6.07 Å². The van der Waals surface area contributed by atoms with Gasteiger partial charge in [-0.15, -0.1) is 0 Å². The Morgan fingerprint density at radius 1 is 1.26 bits per heavy atom. The maximum Gasteiger partial charge on any atom is 0.251 e. The Hall–Kier alpha value is -2.49. The number of anilines is 1. The molecule has 0 spiro atoms. The number of amides is 1. The average molecular weight is 311 g/mol. The Labute approximate surface area is 136 Å². The Balaban J connectivity index is 1.92. The Kier molecular flexibility index (Phi) is 4.24. The minimum Gasteiger partial charge on any atom is -0.495 e. The van der Waals surface area contributed by atoms with Crippen LogP contribution in [0.15, 0.2) is 34.8 Å². The number of carbonyl (C=O) groups excluding carboxylic acids is 1. The molecule has 23 heavy (non-hydrogen) atoms. The third-order valence-corrected chi connectivity index (χ3v) is 4.20. The van der Waals surface area contributed by atoms with Crippen molar-refractivity contribution >= 4 is 17.7 Å². The fraction of sp³-hybridized carbons (Fsp3) is 0.316. The summed E-state index contributed by atoms with van der Waals surface area (Å²) in [5.41, 5.74) is 3.30. The van der Waals surface area contributed by atoms with E-state index in [-0.39, 0.29) is 5.91 Å². The van der Waals surface area contributed by atoms with Gasteiger partial charge in [-0.2, -0.15) is 0 Å². The second-order valence-electron chi connectivity index (χ2n) is 5.79. The highest BCUT2D eigenvalue weighted by Gasteiger charge is 2.25. The van der Waals surface area contributed by atoms with Crippen molar-refractivity contribution in [2.75, 3.05) is 18.6 Å². The molecule has 1 aromatic heterocycles. The number of benzene rings is 1. The van der Waals surface area contributed by atoms with Gasteiger partial charge in [0.1, 0.15) is 17.3 Å². The van der Waals surface area contributed by atoms with Crippen molar-refractivity contribution in [3.63, 3.8) is 0 Å². The summed E-state index contributed by atoms with van der Waals surface area (Å²) in [6.07, 6.45) is 5.21. The van der Waals surface area contributed by atoms with Crippen LogP contribution in [0.2, 0.25) is 0 Å². The van der Waals surface area contributed by atoms with E-state index in [2.05, 4.69) is 6.92 Å². The number of aryl methyl sites for hydroxylation is 2. The van der Waals surface area contributed by atoms with E-state index in [4.69, 9.17) is 9.15 Å². The average Bonchev–Trinajstić information content (AvgIpc) is 2.98. The molecule has 0 aliphatic carbocycles. The number of fused-ring (bicyclic) bond motifs is 1. The number of hydrogen-bond donors (Lipinski definition) is 0. The molecule has 1 aliphatic heterocycles. The highest BCUT2D eigenvalue weighted by atomic mass is 16.5. The monoisotopic (exact) mass is 311 g/mol. The van der Waals surface area contributed by atoms with Crippen LogP contribution in [-0.2, 0) is 11.2 Å². The predicted molar refractivity (Wildman–Crippen MR) is 90.9 cm³/mol. The molecule has 2 heterocycles. The summed E-state index contributed by atoms with van der Waals surface area (Å²) in [5.74, 6) is 2.21. The van der Waals surface area contributed by atoms with E-state index in [1.807, 2.05) is 31.2 Å². The third-order valence-electron chi connectivity index (χ3n) is 4.20. The highest BCUT2D eigenvalue weighted by molar-refractivity contribution is 6.05. The van der Waals surface area contributed by atoms with Gasteiger partial charge in [-0.05, 0) is 62.1 Å². The molecule has 0 unspecified atom stereocenters. The van der Waals surface area contributed by atoms with Crippen molar-refractivity contribution in [1.29, 1.82) is 0 Å². The summed E-state index contributed by atoms with van der Waals surface area (Å²) in [6.45, 7) is 4.66. The molecule has 4 nitrogen and oxygen atoms in total. The lowest BCUT2D eigenvalue weighted by atomic mass is 9.96. The van der Waals surface area contributed by atoms with Crippen molar-refractivity contribution in [2.45, 2.75) is 26.7 Å². The van der Waals surface area contributed by atoms with Crippen LogP contribution in [-0.4, -0.2) is 19.6 Å². The van der Waals surface area contributed by atoms with E-state index in [1.165, 1.54) is 11.1 Å². The van der Waals surface area contributed by atoms with Gasteiger partial charge in [-0.3, -0.25) is 4.79 Å². The molecule has 0 bridgehead atoms. The Morgan fingerprint density at radius 3 is 2.78 bits per heavy atom. The minimum absolute atomic E-state index is 0.0519. The van der Waals surface area contributed by atoms with Gasteiger partial charge in [0.2, 0.25) is 0 Å². The molecule has 0 saturated heterocycles. The van der Waals surface area contributed by atoms with Crippen LogP contribution in [0, 0.1) is 13.8 Å². The van der Waals surface area contributed by atoms with Crippen LogP contribution in [0.1, 0.15) is 29.1 Å². The minimum atomic E-state index is -0.0519. The van der Waals surface area contributed by atoms with Crippen molar-refractivity contribution < 1.29 is 13.9 Å². The first-order valence-electron chi connectivity index (χ1n) is 7.82. The largest absolute Gasteiger partial charge is 0.495 e. The van der Waals surface area contributed by atoms with Gasteiger partial charge in [0, 0.05) is 12.6 Å². The van der Waals surface area contributed by atoms with Gasteiger partial charge in [-0.25, -0.2) is 0 Å². The third kappa shape index (κ3) is 3.02. The maximum absolute atomic E-state index is 12.7. The fourth-order valence-electron chi connectivity index (χ4n) is 3.02. The highest BCUT2D eigenvalue weighted by Crippen LogP contribution is 2.38. The molecule has 0 radical (unpaired) electrons. The molecule has 0 saturated carbocycles. The van der Waals surface area contributed by atoms with Crippen molar-refractivity contribution in [2.24, 2.45) is 0 Å². The van der Waals surface area contributed by atoms with Crippen LogP contribution in [0.25, 0.3) is 6.08 Å². The van der Waals surface area contributed by atoms with Gasteiger partial charge >= 0.3 is 0 Å². The number of carbonyl (C=O) groups is 1. The first kappa shape index (κ1) is 15.4. The molecular formula is C19H21NO3. The maximum atomic E-state index is 12.7. The van der Waals surface area contributed by atoms with Gasteiger partial charge < -0.3 is 14.1 Å². The number of ether oxygens (including phenoxy) is 1. The molecule has 120 valence electrons. The molecule has 2 aromatic rings. The second-order valence-corrected chi connectivity index (χ2v) is 5.79. The molecular weight excluding hydrogens is 290 g/mol. The van der Waals surface area contributed by atoms with Crippen molar-refractivity contribution in [1.82, 2.24) is 0 Å². The molecule has 1 aliphatic rings. The lowest BCUT2D eigenvalue weighted by Crippen LogP contribution is -2.34. The fourth-order valence-corrected chi connectivity index (χ4v) is 3.02. The molecule has 0 atom stereocenters. The molecule has 3 rings (SSSR count). The standard InChI is InChI=1S/C19H21NO3/c1-13-6-10-17(22-3)19-16(13)5-4-12-20(19)18(21)11-9-15-8-7-14(2)23-15/h6-11H,4-5,12H2,1-3H3/b11-9+. The summed E-state index contributed by atoms with van der Waals surface area (Å²) in [6, 6.07) is 7.72. The summed E-state index contributed by atoms with van der Waals surface area (Å²) in [4.78, 5) is 14.5. The molecule has 1 amide bonds. The topological polar surface area (TPSA) is 42.7 Å². The van der Waals surface area contributed by atoms with Crippen molar-refractivity contribution in [3.8, 4) is 5.75 Å². The molecule has 4 heteroatoms. The first-order valence-corrected chi connectivity index (χ1v) is 7.82.